The molecule has 4 heteroatoms. The molecule has 0 aliphatic heterocycles. The predicted octanol–water partition coefficient (Wildman–Crippen LogP) is 6.33. The van der Waals surface area contributed by atoms with Crippen molar-refractivity contribution in [3.63, 3.8) is 0 Å². The van der Waals surface area contributed by atoms with E-state index in [0.717, 1.165) is 12.1 Å². The SMILES string of the molecule is CCCCCCCNc1cccc(Sc2ccc(CC(=O)OCC)cc2)c1. The highest BCUT2D eigenvalue weighted by Gasteiger charge is 2.05. The number of carbonyl (C=O) groups excluding carboxylic acids is 1. The Bertz CT molecular complexity index is 685. The summed E-state index contributed by atoms with van der Waals surface area (Å²) in [5.74, 6) is -0.175. The lowest BCUT2D eigenvalue weighted by Gasteiger charge is -2.09. The topological polar surface area (TPSA) is 38.3 Å². The van der Waals surface area contributed by atoms with Crippen molar-refractivity contribution < 1.29 is 9.53 Å². The molecule has 0 saturated carbocycles. The van der Waals surface area contributed by atoms with E-state index in [1.807, 2.05) is 19.1 Å². The van der Waals surface area contributed by atoms with E-state index in [-0.39, 0.29) is 5.97 Å². The van der Waals surface area contributed by atoms with Gasteiger partial charge in [-0.2, -0.15) is 0 Å². The Morgan fingerprint density at radius 1 is 0.963 bits per heavy atom. The van der Waals surface area contributed by atoms with Crippen LogP contribution in [0.4, 0.5) is 5.69 Å². The van der Waals surface area contributed by atoms with Crippen molar-refractivity contribution in [3.8, 4) is 0 Å². The van der Waals surface area contributed by atoms with Crippen LogP contribution in [0.2, 0.25) is 0 Å². The molecule has 0 heterocycles. The molecule has 0 amide bonds. The first kappa shape index (κ1) is 21.4. The zero-order valence-corrected chi connectivity index (χ0v) is 17.3. The number of carbonyl (C=O) groups is 1. The molecule has 0 aliphatic carbocycles. The Balaban J connectivity index is 1.82. The van der Waals surface area contributed by atoms with Crippen LogP contribution in [-0.4, -0.2) is 19.1 Å². The van der Waals surface area contributed by atoms with Gasteiger partial charge in [0.15, 0.2) is 0 Å². The van der Waals surface area contributed by atoms with Gasteiger partial charge in [0.05, 0.1) is 13.0 Å². The van der Waals surface area contributed by atoms with Crippen molar-refractivity contribution in [2.45, 2.75) is 62.2 Å². The molecule has 0 aromatic heterocycles. The summed E-state index contributed by atoms with van der Waals surface area (Å²) in [6, 6.07) is 16.7. The number of ether oxygens (including phenoxy) is 1. The highest BCUT2D eigenvalue weighted by molar-refractivity contribution is 7.99. The third-order valence-electron chi connectivity index (χ3n) is 4.26. The molecular weight excluding hydrogens is 354 g/mol. The quantitative estimate of drug-likeness (QED) is 0.342. The molecular formula is C23H31NO2S. The first-order valence-corrected chi connectivity index (χ1v) is 10.8. The van der Waals surface area contributed by atoms with Crippen LogP contribution in [0.15, 0.2) is 58.3 Å². The molecule has 1 N–H and O–H groups in total. The molecule has 0 spiro atoms. The van der Waals surface area contributed by atoms with Crippen LogP contribution >= 0.6 is 11.8 Å². The molecule has 0 aliphatic rings. The second kappa shape index (κ2) is 12.4. The number of rotatable bonds is 12. The Hall–Kier alpha value is -1.94. The van der Waals surface area contributed by atoms with Gasteiger partial charge in [-0.15, -0.1) is 0 Å². The highest BCUT2D eigenvalue weighted by atomic mass is 32.2. The summed E-state index contributed by atoms with van der Waals surface area (Å²) < 4.78 is 4.99. The van der Waals surface area contributed by atoms with Crippen molar-refractivity contribution in [2.75, 3.05) is 18.5 Å². The minimum absolute atomic E-state index is 0.175. The number of unbranched alkanes of at least 4 members (excludes halogenated alkanes) is 4. The largest absolute Gasteiger partial charge is 0.466 e. The average molecular weight is 386 g/mol. The van der Waals surface area contributed by atoms with E-state index in [4.69, 9.17) is 4.74 Å². The molecule has 27 heavy (non-hydrogen) atoms. The van der Waals surface area contributed by atoms with Crippen LogP contribution in [0.3, 0.4) is 0 Å². The summed E-state index contributed by atoms with van der Waals surface area (Å²) in [7, 11) is 0. The maximum Gasteiger partial charge on any atom is 0.310 e. The number of hydrogen-bond donors (Lipinski definition) is 1. The van der Waals surface area contributed by atoms with Crippen molar-refractivity contribution in [2.24, 2.45) is 0 Å². The second-order valence-electron chi connectivity index (χ2n) is 6.60. The standard InChI is InChI=1S/C23H31NO2S/c1-3-5-6-7-8-16-24-20-10-9-11-22(18-20)27-21-14-12-19(13-15-21)17-23(25)26-4-2/h9-15,18,24H,3-8,16-17H2,1-2H3. The molecule has 0 unspecified atom stereocenters. The van der Waals surface area contributed by atoms with Gasteiger partial charge in [0.25, 0.3) is 0 Å². The summed E-state index contributed by atoms with van der Waals surface area (Å²) >= 11 is 1.73. The van der Waals surface area contributed by atoms with Crippen molar-refractivity contribution >= 4 is 23.4 Å². The summed E-state index contributed by atoms with van der Waals surface area (Å²) in [5.41, 5.74) is 2.16. The van der Waals surface area contributed by atoms with E-state index in [0.29, 0.717) is 13.0 Å². The summed E-state index contributed by atoms with van der Waals surface area (Å²) in [5, 5.41) is 3.53. The monoisotopic (exact) mass is 385 g/mol. The van der Waals surface area contributed by atoms with Crippen molar-refractivity contribution in [1.82, 2.24) is 0 Å². The fourth-order valence-electron chi connectivity index (χ4n) is 2.82. The number of nitrogens with one attached hydrogen (secondary N) is 1. The fraction of sp³-hybridized carbons (Fsp3) is 0.435. The van der Waals surface area contributed by atoms with Gasteiger partial charge in [-0.05, 0) is 49.2 Å². The van der Waals surface area contributed by atoms with E-state index in [2.05, 4.69) is 48.6 Å². The maximum absolute atomic E-state index is 11.6. The molecule has 0 atom stereocenters. The Kier molecular flexibility index (Phi) is 9.85. The smallest absolute Gasteiger partial charge is 0.310 e. The third kappa shape index (κ3) is 8.53. The average Bonchev–Trinajstić information content (AvgIpc) is 2.67. The van der Waals surface area contributed by atoms with Crippen LogP contribution < -0.4 is 5.32 Å². The number of esters is 1. The Labute approximate surface area is 167 Å². The third-order valence-corrected chi connectivity index (χ3v) is 5.25. The zero-order chi connectivity index (χ0) is 19.3. The van der Waals surface area contributed by atoms with E-state index in [9.17, 15) is 4.79 Å². The number of anilines is 1. The van der Waals surface area contributed by atoms with Gasteiger partial charge < -0.3 is 10.1 Å². The predicted molar refractivity (Wildman–Crippen MR) is 115 cm³/mol. The molecule has 2 aromatic carbocycles. The lowest BCUT2D eigenvalue weighted by molar-refractivity contribution is -0.142. The van der Waals surface area contributed by atoms with E-state index in [1.165, 1.54) is 47.6 Å². The number of hydrogen-bond acceptors (Lipinski definition) is 4. The summed E-state index contributed by atoms with van der Waals surface area (Å²) in [6.45, 7) is 5.53. The van der Waals surface area contributed by atoms with Crippen LogP contribution in [0, 0.1) is 0 Å². The van der Waals surface area contributed by atoms with Gasteiger partial charge >= 0.3 is 5.97 Å². The lowest BCUT2D eigenvalue weighted by Crippen LogP contribution is -2.07. The van der Waals surface area contributed by atoms with Crippen LogP contribution in [0.5, 0.6) is 0 Å². The van der Waals surface area contributed by atoms with E-state index in [1.54, 1.807) is 11.8 Å². The van der Waals surface area contributed by atoms with Gasteiger partial charge in [-0.25, -0.2) is 0 Å². The zero-order valence-electron chi connectivity index (χ0n) is 16.5. The first-order valence-electron chi connectivity index (χ1n) is 9.97. The molecule has 0 fully saturated rings. The first-order chi connectivity index (χ1) is 13.2. The van der Waals surface area contributed by atoms with Crippen LogP contribution in [0.25, 0.3) is 0 Å². The highest BCUT2D eigenvalue weighted by Crippen LogP contribution is 2.29. The van der Waals surface area contributed by atoms with Gasteiger partial charge in [-0.1, -0.05) is 62.6 Å². The van der Waals surface area contributed by atoms with Gasteiger partial charge in [0.2, 0.25) is 0 Å². The minimum atomic E-state index is -0.175. The molecule has 3 nitrogen and oxygen atoms in total. The van der Waals surface area contributed by atoms with E-state index >= 15 is 0 Å². The maximum atomic E-state index is 11.6. The summed E-state index contributed by atoms with van der Waals surface area (Å²) in [4.78, 5) is 13.9. The minimum Gasteiger partial charge on any atom is -0.466 e. The summed E-state index contributed by atoms with van der Waals surface area (Å²) in [6.07, 6.45) is 6.81. The Morgan fingerprint density at radius 3 is 2.48 bits per heavy atom. The fourth-order valence-corrected chi connectivity index (χ4v) is 3.70. The molecule has 0 radical (unpaired) electrons. The molecule has 0 saturated heterocycles. The van der Waals surface area contributed by atoms with Gasteiger partial charge in [0.1, 0.15) is 0 Å². The molecule has 0 bridgehead atoms. The van der Waals surface area contributed by atoms with Gasteiger partial charge in [-0.3, -0.25) is 4.79 Å². The molecule has 2 aromatic rings. The molecule has 146 valence electrons. The molecule has 2 rings (SSSR count). The van der Waals surface area contributed by atoms with Gasteiger partial charge in [0, 0.05) is 22.0 Å². The normalized spacial score (nSPS) is 10.6. The Morgan fingerprint density at radius 2 is 1.74 bits per heavy atom. The van der Waals surface area contributed by atoms with Crippen LogP contribution in [0.1, 0.15) is 51.5 Å². The second-order valence-corrected chi connectivity index (χ2v) is 7.74. The lowest BCUT2D eigenvalue weighted by atomic mass is 10.1. The van der Waals surface area contributed by atoms with Crippen LogP contribution in [-0.2, 0) is 16.0 Å². The van der Waals surface area contributed by atoms with E-state index < -0.39 is 0 Å². The van der Waals surface area contributed by atoms with Crippen molar-refractivity contribution in [3.05, 3.63) is 54.1 Å². The van der Waals surface area contributed by atoms with Crippen molar-refractivity contribution in [1.29, 1.82) is 0 Å². The number of benzene rings is 2.